The Morgan fingerprint density at radius 1 is 1.19 bits per heavy atom. The van der Waals surface area contributed by atoms with Crippen LogP contribution in [0.15, 0.2) is 59.4 Å². The largest absolute Gasteiger partial charge is 0.489 e. The summed E-state index contributed by atoms with van der Waals surface area (Å²) in [6, 6.07) is 11.6. The fourth-order valence-corrected chi connectivity index (χ4v) is 2.97. The van der Waals surface area contributed by atoms with Gasteiger partial charge in [0, 0.05) is 32.2 Å². The van der Waals surface area contributed by atoms with Crippen LogP contribution in [-0.2, 0) is 6.54 Å². The molecular formula is C20H26N4O2S. The van der Waals surface area contributed by atoms with Gasteiger partial charge in [-0.1, -0.05) is 36.9 Å². The molecule has 0 atom stereocenters. The van der Waals surface area contributed by atoms with Gasteiger partial charge < -0.3 is 20.7 Å². The highest BCUT2D eigenvalue weighted by Gasteiger charge is 2.06. The molecule has 1 amide bonds. The van der Waals surface area contributed by atoms with Crippen LogP contribution in [0, 0.1) is 0 Å². The maximum absolute atomic E-state index is 11.9. The Morgan fingerprint density at radius 3 is 2.74 bits per heavy atom. The van der Waals surface area contributed by atoms with Crippen LogP contribution < -0.4 is 20.7 Å². The Bertz CT molecular complexity index is 744. The number of carbonyl (C=O) groups is 1. The van der Waals surface area contributed by atoms with E-state index in [9.17, 15) is 4.79 Å². The third kappa shape index (κ3) is 7.15. The van der Waals surface area contributed by atoms with Crippen molar-refractivity contribution >= 4 is 23.2 Å². The Balaban J connectivity index is 1.69. The van der Waals surface area contributed by atoms with E-state index >= 15 is 0 Å². The van der Waals surface area contributed by atoms with Gasteiger partial charge in [-0.2, -0.15) is 0 Å². The van der Waals surface area contributed by atoms with E-state index in [0.717, 1.165) is 22.6 Å². The van der Waals surface area contributed by atoms with Gasteiger partial charge in [-0.05, 0) is 23.9 Å². The van der Waals surface area contributed by atoms with Gasteiger partial charge in [-0.15, -0.1) is 11.3 Å². The van der Waals surface area contributed by atoms with Crippen LogP contribution in [-0.4, -0.2) is 38.6 Å². The zero-order valence-electron chi connectivity index (χ0n) is 15.5. The van der Waals surface area contributed by atoms with E-state index in [4.69, 9.17) is 4.74 Å². The summed E-state index contributed by atoms with van der Waals surface area (Å²) in [4.78, 5) is 16.8. The number of aliphatic imine (C=N–C) groups is 1. The van der Waals surface area contributed by atoms with Gasteiger partial charge >= 0.3 is 0 Å². The summed E-state index contributed by atoms with van der Waals surface area (Å²) in [5, 5.41) is 11.3. The van der Waals surface area contributed by atoms with E-state index in [0.29, 0.717) is 32.2 Å². The number of carbonyl (C=O) groups excluding carboxylic acids is 1. The highest BCUT2D eigenvalue weighted by atomic mass is 32.1. The van der Waals surface area contributed by atoms with Crippen LogP contribution in [0.3, 0.4) is 0 Å². The van der Waals surface area contributed by atoms with E-state index in [1.54, 1.807) is 13.1 Å². The summed E-state index contributed by atoms with van der Waals surface area (Å²) in [5.41, 5.74) is 1.05. The maximum atomic E-state index is 11.9. The minimum atomic E-state index is -0.0244. The van der Waals surface area contributed by atoms with Crippen LogP contribution in [0.4, 0.5) is 0 Å². The van der Waals surface area contributed by atoms with Crippen molar-refractivity contribution in [3.05, 3.63) is 64.9 Å². The van der Waals surface area contributed by atoms with E-state index in [-0.39, 0.29) is 5.91 Å². The van der Waals surface area contributed by atoms with Crippen molar-refractivity contribution in [2.45, 2.75) is 13.0 Å². The number of hydrogen-bond donors (Lipinski definition) is 3. The van der Waals surface area contributed by atoms with E-state index < -0.39 is 0 Å². The number of guanidine groups is 1. The van der Waals surface area contributed by atoms with Crippen molar-refractivity contribution in [2.24, 2.45) is 4.99 Å². The number of hydrogen-bond acceptors (Lipinski definition) is 4. The number of rotatable bonds is 10. The Kier molecular flexibility index (Phi) is 8.92. The monoisotopic (exact) mass is 386 g/mol. The first-order chi connectivity index (χ1) is 13.2. The lowest BCUT2D eigenvalue weighted by molar-refractivity contribution is 0.0957. The van der Waals surface area contributed by atoms with Crippen LogP contribution >= 0.6 is 11.3 Å². The molecule has 0 radical (unpaired) electrons. The van der Waals surface area contributed by atoms with Gasteiger partial charge in [0.25, 0.3) is 5.91 Å². The van der Waals surface area contributed by atoms with Gasteiger partial charge in [0.2, 0.25) is 0 Å². The zero-order chi connectivity index (χ0) is 19.3. The lowest BCUT2D eigenvalue weighted by atomic mass is 10.2. The number of thiophene rings is 1. The summed E-state index contributed by atoms with van der Waals surface area (Å²) in [6.07, 6.45) is 2.53. The van der Waals surface area contributed by atoms with E-state index in [1.807, 2.05) is 41.8 Å². The molecule has 3 N–H and O–H groups in total. The molecule has 27 heavy (non-hydrogen) atoms. The average molecular weight is 387 g/mol. The molecule has 0 saturated heterocycles. The lowest BCUT2D eigenvalue weighted by Crippen LogP contribution is -2.38. The summed E-state index contributed by atoms with van der Waals surface area (Å²) in [7, 11) is 1.73. The molecule has 0 unspecified atom stereocenters. The number of nitrogens with one attached hydrogen (secondary N) is 3. The van der Waals surface area contributed by atoms with Crippen molar-refractivity contribution in [2.75, 3.05) is 26.7 Å². The number of nitrogens with zero attached hydrogens (tertiary/aromatic N) is 1. The molecule has 0 saturated carbocycles. The van der Waals surface area contributed by atoms with Crippen molar-refractivity contribution in [1.82, 2.24) is 16.0 Å². The van der Waals surface area contributed by atoms with Crippen LogP contribution in [0.1, 0.15) is 21.7 Å². The van der Waals surface area contributed by atoms with Crippen LogP contribution in [0.2, 0.25) is 0 Å². The fourth-order valence-electron chi connectivity index (χ4n) is 2.33. The Morgan fingerprint density at radius 2 is 2.00 bits per heavy atom. The minimum absolute atomic E-state index is 0.0244. The zero-order valence-corrected chi connectivity index (χ0v) is 16.3. The first-order valence-corrected chi connectivity index (χ1v) is 9.70. The molecule has 1 aromatic carbocycles. The number of benzene rings is 1. The summed E-state index contributed by atoms with van der Waals surface area (Å²) < 4.78 is 5.66. The predicted octanol–water partition coefficient (Wildman–Crippen LogP) is 2.80. The topological polar surface area (TPSA) is 74.8 Å². The SMILES string of the molecule is C=CCOc1ccccc1CNC(=NC)NCCCNC(=O)c1cccs1. The van der Waals surface area contributed by atoms with Gasteiger partial charge in [-0.3, -0.25) is 9.79 Å². The molecule has 0 aliphatic heterocycles. The van der Waals surface area contributed by atoms with E-state index in [1.165, 1.54) is 11.3 Å². The summed E-state index contributed by atoms with van der Waals surface area (Å²) in [6.45, 7) is 6.06. The van der Waals surface area contributed by atoms with Crippen molar-refractivity contribution < 1.29 is 9.53 Å². The van der Waals surface area contributed by atoms with Crippen molar-refractivity contribution in [1.29, 1.82) is 0 Å². The first kappa shape index (κ1) is 20.5. The van der Waals surface area contributed by atoms with Crippen LogP contribution in [0.25, 0.3) is 0 Å². The molecule has 0 bridgehead atoms. The Hall–Kier alpha value is -2.80. The predicted molar refractivity (Wildman–Crippen MR) is 112 cm³/mol. The van der Waals surface area contributed by atoms with Crippen molar-refractivity contribution in [3.63, 3.8) is 0 Å². The third-order valence-electron chi connectivity index (χ3n) is 3.68. The number of para-hydroxylation sites is 1. The quantitative estimate of drug-likeness (QED) is 0.254. The molecular weight excluding hydrogens is 360 g/mol. The molecule has 0 aliphatic rings. The molecule has 2 aromatic rings. The Labute approximate surface area is 164 Å². The smallest absolute Gasteiger partial charge is 0.261 e. The molecule has 1 heterocycles. The third-order valence-corrected chi connectivity index (χ3v) is 4.54. The second kappa shape index (κ2) is 11.7. The second-order valence-electron chi connectivity index (χ2n) is 5.65. The van der Waals surface area contributed by atoms with Gasteiger partial charge in [0.1, 0.15) is 12.4 Å². The van der Waals surface area contributed by atoms with Gasteiger partial charge in [-0.25, -0.2) is 0 Å². The highest BCUT2D eigenvalue weighted by molar-refractivity contribution is 7.12. The van der Waals surface area contributed by atoms with Crippen LogP contribution in [0.5, 0.6) is 5.75 Å². The normalized spacial score (nSPS) is 10.9. The molecule has 2 rings (SSSR count). The summed E-state index contributed by atoms with van der Waals surface area (Å²) in [5.74, 6) is 1.51. The number of ether oxygens (including phenoxy) is 1. The molecule has 6 nitrogen and oxygen atoms in total. The molecule has 0 fully saturated rings. The maximum Gasteiger partial charge on any atom is 0.261 e. The fraction of sp³-hybridized carbons (Fsp3) is 0.300. The minimum Gasteiger partial charge on any atom is -0.489 e. The standard InChI is InChI=1S/C20H26N4O2S/c1-3-13-26-17-9-5-4-8-16(17)15-24-20(21-2)23-12-7-11-22-19(25)18-10-6-14-27-18/h3-6,8-10,14H,1,7,11-13,15H2,2H3,(H,22,25)(H2,21,23,24). The second-order valence-corrected chi connectivity index (χ2v) is 6.59. The highest BCUT2D eigenvalue weighted by Crippen LogP contribution is 2.17. The van der Waals surface area contributed by atoms with Crippen molar-refractivity contribution in [3.8, 4) is 5.75 Å². The van der Waals surface area contributed by atoms with E-state index in [2.05, 4.69) is 27.5 Å². The molecule has 7 heteroatoms. The molecule has 0 spiro atoms. The van der Waals surface area contributed by atoms with Gasteiger partial charge in [0.05, 0.1) is 4.88 Å². The number of amides is 1. The molecule has 0 aliphatic carbocycles. The average Bonchev–Trinajstić information content (AvgIpc) is 3.24. The molecule has 144 valence electrons. The lowest BCUT2D eigenvalue weighted by Gasteiger charge is -2.14. The first-order valence-electron chi connectivity index (χ1n) is 8.82. The van der Waals surface area contributed by atoms with Gasteiger partial charge in [0.15, 0.2) is 5.96 Å². The summed E-state index contributed by atoms with van der Waals surface area (Å²) >= 11 is 1.44. The molecule has 1 aromatic heterocycles.